The second kappa shape index (κ2) is 18.5. The average Bonchev–Trinajstić information content (AvgIpc) is 3.45. The third-order valence-electron chi connectivity index (χ3n) is 6.27. The van der Waals surface area contributed by atoms with Crippen molar-refractivity contribution in [1.82, 2.24) is 4.98 Å². The fourth-order valence-electron chi connectivity index (χ4n) is 3.48. The molecule has 0 aliphatic heterocycles. The van der Waals surface area contributed by atoms with E-state index < -0.39 is 0 Å². The molecule has 3 heteroatoms. The van der Waals surface area contributed by atoms with E-state index in [1.165, 1.54) is 31.2 Å². The third-order valence-corrected chi connectivity index (χ3v) is 6.27. The number of nitrogens with one attached hydrogen (secondary N) is 2. The number of fused-ring (bicyclic) bond motifs is 1. The van der Waals surface area contributed by atoms with Gasteiger partial charge in [0.2, 0.25) is 0 Å². The number of aromatic amines is 1. The van der Waals surface area contributed by atoms with Crippen LogP contribution in [0.15, 0.2) is 90.3 Å². The maximum Gasteiger partial charge on any atom is 0.101 e. The molecule has 0 aliphatic rings. The maximum absolute atomic E-state index is 9.70. The van der Waals surface area contributed by atoms with Gasteiger partial charge in [-0.25, -0.2) is 0 Å². The summed E-state index contributed by atoms with van der Waals surface area (Å²) < 4.78 is 0. The number of nitriles is 1. The first-order valence-electron chi connectivity index (χ1n) is 14.0. The molecule has 0 bridgehead atoms. The van der Waals surface area contributed by atoms with Crippen molar-refractivity contribution in [1.29, 1.82) is 5.26 Å². The van der Waals surface area contributed by atoms with Gasteiger partial charge >= 0.3 is 0 Å². The molecule has 202 valence electrons. The van der Waals surface area contributed by atoms with Gasteiger partial charge in [0.25, 0.3) is 0 Å². The van der Waals surface area contributed by atoms with Crippen LogP contribution in [0, 0.1) is 18.3 Å². The summed E-state index contributed by atoms with van der Waals surface area (Å²) in [6.07, 6.45) is 15.9. The van der Waals surface area contributed by atoms with Crippen molar-refractivity contribution in [3.8, 4) is 6.07 Å². The predicted molar refractivity (Wildman–Crippen MR) is 169 cm³/mol. The molecule has 0 saturated carbocycles. The Morgan fingerprint density at radius 2 is 1.68 bits per heavy atom. The molecule has 3 aromatic rings. The van der Waals surface area contributed by atoms with Gasteiger partial charge in [-0.1, -0.05) is 109 Å². The summed E-state index contributed by atoms with van der Waals surface area (Å²) in [7, 11) is 0. The smallest absolute Gasteiger partial charge is 0.101 e. The Kier molecular flexibility index (Phi) is 15.7. The highest BCUT2D eigenvalue weighted by atomic mass is 14.9. The van der Waals surface area contributed by atoms with Gasteiger partial charge in [-0.05, 0) is 66.8 Å². The summed E-state index contributed by atoms with van der Waals surface area (Å²) in [5.41, 5.74) is 7.80. The predicted octanol–water partition coefficient (Wildman–Crippen LogP) is 10.7. The van der Waals surface area contributed by atoms with Crippen LogP contribution in [0.2, 0.25) is 0 Å². The van der Waals surface area contributed by atoms with Crippen molar-refractivity contribution in [2.45, 2.75) is 80.6 Å². The Hall–Kier alpha value is -3.77. The van der Waals surface area contributed by atoms with E-state index in [4.69, 9.17) is 0 Å². The van der Waals surface area contributed by atoms with E-state index in [1.807, 2.05) is 37.4 Å². The Labute approximate surface area is 231 Å². The summed E-state index contributed by atoms with van der Waals surface area (Å²) >= 11 is 0. The highest BCUT2D eigenvalue weighted by Gasteiger charge is 2.11. The van der Waals surface area contributed by atoms with Gasteiger partial charge in [0.15, 0.2) is 0 Å². The quantitative estimate of drug-likeness (QED) is 0.223. The minimum absolute atomic E-state index is 0.503. The van der Waals surface area contributed by atoms with E-state index in [2.05, 4.69) is 101 Å². The number of aromatic nitrogens is 1. The summed E-state index contributed by atoms with van der Waals surface area (Å²) in [6.45, 7) is 18.8. The second-order valence-electron chi connectivity index (χ2n) is 9.08. The van der Waals surface area contributed by atoms with Crippen LogP contribution in [-0.2, 0) is 6.42 Å². The number of nitrogens with zero attached hydrogens (tertiary/aromatic N) is 1. The highest BCUT2D eigenvalue weighted by Crippen LogP contribution is 2.28. The molecular weight excluding hydrogens is 462 g/mol. The van der Waals surface area contributed by atoms with Crippen molar-refractivity contribution in [2.75, 3.05) is 5.32 Å². The highest BCUT2D eigenvalue weighted by molar-refractivity contribution is 5.88. The molecule has 0 amide bonds. The van der Waals surface area contributed by atoms with Crippen LogP contribution in [0.1, 0.15) is 83.9 Å². The van der Waals surface area contributed by atoms with Gasteiger partial charge in [0.1, 0.15) is 6.07 Å². The topological polar surface area (TPSA) is 51.6 Å². The van der Waals surface area contributed by atoms with Gasteiger partial charge in [0, 0.05) is 22.8 Å². The summed E-state index contributed by atoms with van der Waals surface area (Å²) in [6, 6.07) is 16.9. The second-order valence-corrected chi connectivity index (χ2v) is 9.08. The molecular formula is C35H47N3. The summed E-state index contributed by atoms with van der Waals surface area (Å²) in [4.78, 5) is 3.24. The lowest BCUT2D eigenvalue weighted by Gasteiger charge is -2.16. The monoisotopic (exact) mass is 509 g/mol. The molecule has 0 aliphatic carbocycles. The summed E-state index contributed by atoms with van der Waals surface area (Å²) in [5.74, 6) is 0. The molecule has 3 rings (SSSR count). The molecule has 0 fully saturated rings. The Morgan fingerprint density at radius 1 is 1.00 bits per heavy atom. The lowest BCUT2D eigenvalue weighted by molar-refractivity contribution is 0.886. The zero-order valence-corrected chi connectivity index (χ0v) is 24.6. The number of benzene rings is 2. The first-order valence-corrected chi connectivity index (χ1v) is 14.0. The zero-order valence-electron chi connectivity index (χ0n) is 24.6. The fraction of sp³-hybridized carbons (Fsp3) is 0.343. The van der Waals surface area contributed by atoms with Gasteiger partial charge in [-0.3, -0.25) is 0 Å². The molecule has 0 atom stereocenters. The van der Waals surface area contributed by atoms with Crippen LogP contribution < -0.4 is 5.32 Å². The molecule has 38 heavy (non-hydrogen) atoms. The largest absolute Gasteiger partial charge is 0.361 e. The number of rotatable bonds is 9. The van der Waals surface area contributed by atoms with E-state index in [0.717, 1.165) is 45.4 Å². The number of hydrogen-bond donors (Lipinski definition) is 2. The van der Waals surface area contributed by atoms with Crippen molar-refractivity contribution < 1.29 is 0 Å². The lowest BCUT2D eigenvalue weighted by Crippen LogP contribution is -2.06. The fourth-order valence-corrected chi connectivity index (χ4v) is 3.48. The van der Waals surface area contributed by atoms with Gasteiger partial charge in [0.05, 0.1) is 11.3 Å². The van der Waals surface area contributed by atoms with Crippen LogP contribution in [-0.4, -0.2) is 4.98 Å². The molecule has 0 saturated heterocycles. The number of H-pyrrole nitrogens is 1. The van der Waals surface area contributed by atoms with Crippen molar-refractivity contribution in [2.24, 2.45) is 0 Å². The molecule has 0 radical (unpaired) electrons. The van der Waals surface area contributed by atoms with Crippen molar-refractivity contribution in [3.63, 3.8) is 0 Å². The first kappa shape index (κ1) is 32.3. The Balaban J connectivity index is 0.000000794. The first-order chi connectivity index (χ1) is 18.4. The molecule has 0 spiro atoms. The van der Waals surface area contributed by atoms with E-state index in [0.29, 0.717) is 5.57 Å². The normalized spacial score (nSPS) is 11.6. The molecule has 2 aromatic carbocycles. The lowest BCUT2D eigenvalue weighted by atomic mass is 10.0. The van der Waals surface area contributed by atoms with Crippen LogP contribution in [0.3, 0.4) is 0 Å². The summed E-state index contributed by atoms with van der Waals surface area (Å²) in [5, 5.41) is 14.4. The number of anilines is 1. The third kappa shape index (κ3) is 9.94. The van der Waals surface area contributed by atoms with Crippen LogP contribution in [0.4, 0.5) is 5.69 Å². The van der Waals surface area contributed by atoms with Crippen molar-refractivity contribution >= 4 is 22.7 Å². The SMILES string of the molecule is C=C\C(C#N)=C(Nc1ccc2[nH]ccc2c1C)/C(=C\C)/C=C/c1cccc(CC)c1.CCCC.CCCC. The molecule has 1 aromatic heterocycles. The number of unbranched alkanes of at least 4 members (excludes halogenated alkanes) is 2. The zero-order chi connectivity index (χ0) is 28.3. The van der Waals surface area contributed by atoms with Crippen LogP contribution >= 0.6 is 0 Å². The van der Waals surface area contributed by atoms with Crippen molar-refractivity contribution in [3.05, 3.63) is 107 Å². The average molecular weight is 510 g/mol. The van der Waals surface area contributed by atoms with Crippen LogP contribution in [0.5, 0.6) is 0 Å². The minimum atomic E-state index is 0.503. The van der Waals surface area contributed by atoms with Gasteiger partial charge in [-0.2, -0.15) is 5.26 Å². The molecule has 0 unspecified atom stereocenters. The Morgan fingerprint density at radius 3 is 2.24 bits per heavy atom. The minimum Gasteiger partial charge on any atom is -0.361 e. The van der Waals surface area contributed by atoms with E-state index >= 15 is 0 Å². The maximum atomic E-state index is 9.70. The van der Waals surface area contributed by atoms with Gasteiger partial charge < -0.3 is 10.3 Å². The van der Waals surface area contributed by atoms with E-state index in [9.17, 15) is 5.26 Å². The number of allylic oxidation sites excluding steroid dienone is 4. The number of aryl methyl sites for hydroxylation is 2. The van der Waals surface area contributed by atoms with Gasteiger partial charge in [-0.15, -0.1) is 0 Å². The molecule has 1 heterocycles. The number of hydrogen-bond acceptors (Lipinski definition) is 2. The molecule has 3 nitrogen and oxygen atoms in total. The van der Waals surface area contributed by atoms with Crippen LogP contribution in [0.25, 0.3) is 17.0 Å². The molecule has 2 N–H and O–H groups in total. The Bertz CT molecular complexity index is 1250. The van der Waals surface area contributed by atoms with E-state index in [-0.39, 0.29) is 0 Å². The van der Waals surface area contributed by atoms with E-state index in [1.54, 1.807) is 6.08 Å². The standard InChI is InChI=1S/C27H27N3.2C4H10/c1-5-20-9-8-10-21(17-20)11-12-22(6-2)27(23(7-3)18-28)30-25-13-14-26-24(19(25)4)15-16-29-26;2*1-3-4-2/h6-17,29-30H,3,5H2,1-2,4H3;2*3-4H2,1-2H3/b12-11+,22-6-,27-23-;;.